The van der Waals surface area contributed by atoms with Crippen molar-refractivity contribution in [3.63, 3.8) is 0 Å². The van der Waals surface area contributed by atoms with Crippen LogP contribution in [0.25, 0.3) is 5.57 Å². The van der Waals surface area contributed by atoms with Gasteiger partial charge < -0.3 is 20.3 Å². The Bertz CT molecular complexity index is 1580. The lowest BCUT2D eigenvalue weighted by atomic mass is 9.74. The number of benzene rings is 1. The molecule has 0 unspecified atom stereocenters. The van der Waals surface area contributed by atoms with E-state index in [-0.39, 0.29) is 55.0 Å². The van der Waals surface area contributed by atoms with Gasteiger partial charge in [-0.3, -0.25) is 19.2 Å². The molecule has 0 atom stereocenters. The van der Waals surface area contributed by atoms with Gasteiger partial charge in [0.05, 0.1) is 5.41 Å². The Balaban J connectivity index is 2.23. The van der Waals surface area contributed by atoms with Crippen molar-refractivity contribution < 1.29 is 38.4 Å². The minimum absolute atomic E-state index is 0.0829. The second-order valence-electron chi connectivity index (χ2n) is 12.3. The molecule has 0 bridgehead atoms. The zero-order chi connectivity index (χ0) is 36.1. The molecular weight excluding hydrogens is 628 g/mol. The van der Waals surface area contributed by atoms with Gasteiger partial charge in [-0.05, 0) is 66.9 Å². The number of allylic oxidation sites excluding steroid dienone is 3. The van der Waals surface area contributed by atoms with E-state index in [1.165, 1.54) is 13.8 Å². The molecule has 264 valence electrons. The third-order valence-corrected chi connectivity index (χ3v) is 8.66. The number of carbonyl (C=O) groups excluding carboxylic acids is 6. The van der Waals surface area contributed by atoms with Gasteiger partial charge in [0.25, 0.3) is 0 Å². The summed E-state index contributed by atoms with van der Waals surface area (Å²) in [6, 6.07) is 5.30. The van der Waals surface area contributed by atoms with Crippen LogP contribution < -0.4 is 10.6 Å². The Morgan fingerprint density at radius 3 is 1.78 bits per heavy atom. The maximum absolute atomic E-state index is 13.9. The van der Waals surface area contributed by atoms with Crippen molar-refractivity contribution in [2.45, 2.75) is 111 Å². The van der Waals surface area contributed by atoms with Crippen molar-refractivity contribution in [3.05, 3.63) is 52.1 Å². The van der Waals surface area contributed by atoms with Crippen LogP contribution in [0.5, 0.6) is 0 Å². The Labute approximate surface area is 287 Å². The van der Waals surface area contributed by atoms with E-state index < -0.39 is 23.1 Å². The van der Waals surface area contributed by atoms with Gasteiger partial charge in [0.2, 0.25) is 23.4 Å². The first kappa shape index (κ1) is 38.7. The van der Waals surface area contributed by atoms with E-state index in [2.05, 4.69) is 20.9 Å². The number of hydrogen-bond donors (Lipinski definition) is 2. The molecule has 2 aliphatic carbocycles. The summed E-state index contributed by atoms with van der Waals surface area (Å²) in [5.74, 6) is -2.41. The van der Waals surface area contributed by atoms with Crippen molar-refractivity contribution in [1.82, 2.24) is 10.6 Å². The Morgan fingerprint density at radius 2 is 1.29 bits per heavy atom. The quantitative estimate of drug-likeness (QED) is 0.0897. The largest absolute Gasteiger partial charge is 0.355 e. The molecule has 0 fully saturated rings. The van der Waals surface area contributed by atoms with Crippen LogP contribution in [-0.4, -0.2) is 59.8 Å². The minimum Gasteiger partial charge on any atom is -0.355 e. The lowest BCUT2D eigenvalue weighted by Crippen LogP contribution is -2.49. The average molecular weight is 677 g/mol. The van der Waals surface area contributed by atoms with E-state index in [4.69, 9.17) is 9.68 Å². The molecule has 2 N–H and O–H groups in total. The molecule has 1 aromatic rings. The zero-order valence-corrected chi connectivity index (χ0v) is 29.5. The van der Waals surface area contributed by atoms with Gasteiger partial charge in [-0.15, -0.1) is 0 Å². The van der Waals surface area contributed by atoms with Crippen LogP contribution in [0.2, 0.25) is 0 Å². The summed E-state index contributed by atoms with van der Waals surface area (Å²) in [6.45, 7) is 10.0. The number of unbranched alkanes of at least 4 members (excludes halogenated alkanes) is 2. The number of nitrogens with one attached hydrogen (secondary N) is 2. The molecule has 0 heterocycles. The molecule has 0 radical (unpaired) electrons. The molecule has 0 saturated heterocycles. The maximum atomic E-state index is 13.9. The molecule has 1 aromatic carbocycles. The number of Topliss-reactive ketones (excluding diaryl/α,β-unsaturated/α-hetero) is 2. The number of hydrogen-bond acceptors (Lipinski definition) is 10. The Kier molecular flexibility index (Phi) is 14.3. The molecule has 2 aliphatic rings. The number of ketones is 2. The fraction of sp³-hybridized carbons (Fsp3) is 0.514. The predicted molar refractivity (Wildman–Crippen MR) is 186 cm³/mol. The van der Waals surface area contributed by atoms with Crippen LogP contribution >= 0.6 is 0 Å². The normalized spacial score (nSPS) is 15.1. The number of fused-ring (bicyclic) bond motifs is 2. The summed E-state index contributed by atoms with van der Waals surface area (Å²) in [6.07, 6.45) is 6.70. The van der Waals surface area contributed by atoms with Crippen LogP contribution in [0.4, 0.5) is 0 Å². The van der Waals surface area contributed by atoms with Gasteiger partial charge in [-0.25, -0.2) is 9.59 Å². The first-order chi connectivity index (χ1) is 23.4. The first-order valence-electron chi connectivity index (χ1n) is 17.1. The second-order valence-corrected chi connectivity index (χ2v) is 12.3. The van der Waals surface area contributed by atoms with E-state index in [1.54, 1.807) is 26.0 Å². The molecular formula is C37H48N4O8. The topological polar surface area (TPSA) is 170 Å². The van der Waals surface area contributed by atoms with Gasteiger partial charge in [-0.1, -0.05) is 69.1 Å². The average Bonchev–Trinajstić information content (AvgIpc) is 3.37. The number of nitrogens with zero attached hydrogens (tertiary/aromatic N) is 2. The highest BCUT2D eigenvalue weighted by Gasteiger charge is 2.46. The molecule has 0 aliphatic heterocycles. The van der Waals surface area contributed by atoms with Crippen LogP contribution in [-0.2, 0) is 39.1 Å². The van der Waals surface area contributed by atoms with Gasteiger partial charge in [0, 0.05) is 50.9 Å². The highest BCUT2D eigenvalue weighted by molar-refractivity contribution is 6.46. The monoisotopic (exact) mass is 676 g/mol. The van der Waals surface area contributed by atoms with E-state index in [1.807, 2.05) is 26.0 Å². The fourth-order valence-electron chi connectivity index (χ4n) is 5.98. The zero-order valence-electron chi connectivity index (χ0n) is 29.5. The molecule has 3 rings (SSSR count). The van der Waals surface area contributed by atoms with Crippen LogP contribution in [0.1, 0.15) is 127 Å². The molecule has 49 heavy (non-hydrogen) atoms. The van der Waals surface area contributed by atoms with E-state index >= 15 is 0 Å². The van der Waals surface area contributed by atoms with Crippen LogP contribution in [0, 0.1) is 0 Å². The summed E-state index contributed by atoms with van der Waals surface area (Å²) >= 11 is 0. The van der Waals surface area contributed by atoms with E-state index in [9.17, 15) is 28.8 Å². The summed E-state index contributed by atoms with van der Waals surface area (Å²) in [7, 11) is 0. The maximum Gasteiger partial charge on any atom is 0.331 e. The fourth-order valence-corrected chi connectivity index (χ4v) is 5.98. The number of oxime groups is 2. The third kappa shape index (κ3) is 9.67. The van der Waals surface area contributed by atoms with Gasteiger partial charge in [-0.2, -0.15) is 0 Å². The molecule has 12 nitrogen and oxygen atoms in total. The van der Waals surface area contributed by atoms with Crippen molar-refractivity contribution in [2.75, 3.05) is 13.1 Å². The van der Waals surface area contributed by atoms with Crippen molar-refractivity contribution in [3.8, 4) is 0 Å². The van der Waals surface area contributed by atoms with E-state index in [0.717, 1.165) is 29.6 Å². The Morgan fingerprint density at radius 1 is 0.755 bits per heavy atom. The molecule has 12 heteroatoms. The van der Waals surface area contributed by atoms with Crippen molar-refractivity contribution in [2.24, 2.45) is 10.3 Å². The van der Waals surface area contributed by atoms with Gasteiger partial charge >= 0.3 is 11.9 Å². The predicted octanol–water partition coefficient (Wildman–Crippen LogP) is 5.43. The lowest BCUT2D eigenvalue weighted by molar-refractivity contribution is -0.141. The summed E-state index contributed by atoms with van der Waals surface area (Å²) in [5.41, 5.74) is 3.22. The minimum atomic E-state index is -1.05. The summed E-state index contributed by atoms with van der Waals surface area (Å²) in [5, 5.41) is 13.8. The highest BCUT2D eigenvalue weighted by Crippen LogP contribution is 2.51. The van der Waals surface area contributed by atoms with Crippen molar-refractivity contribution in [1.29, 1.82) is 0 Å². The Hall–Kier alpha value is -4.74. The number of carbonyl (C=O) groups is 6. The van der Waals surface area contributed by atoms with E-state index in [0.29, 0.717) is 55.2 Å². The lowest BCUT2D eigenvalue weighted by Gasteiger charge is -2.35. The van der Waals surface area contributed by atoms with Gasteiger partial charge in [0.15, 0.2) is 0 Å². The van der Waals surface area contributed by atoms with Crippen LogP contribution in [0.3, 0.4) is 0 Å². The first-order valence-corrected chi connectivity index (χ1v) is 17.1. The molecule has 0 spiro atoms. The van der Waals surface area contributed by atoms with Crippen molar-refractivity contribution >= 4 is 52.3 Å². The summed E-state index contributed by atoms with van der Waals surface area (Å²) < 4.78 is 0. The number of rotatable bonds is 18. The van der Waals surface area contributed by atoms with Crippen LogP contribution in [0.15, 0.2) is 45.7 Å². The van der Waals surface area contributed by atoms with Gasteiger partial charge in [0.1, 0.15) is 11.4 Å². The SMILES string of the molecule is CCCC/C(=N\OC(C)=O)C(=O)C1=CC2=C(CC1)c1ccc(C(=O)/C(CCCC)=N/OC(C)=O)cc1C2(CNC(=O)CC)CNC(=O)CC. The standard InChI is InChI=1S/C37H48N4O8/c1-7-11-13-31(40-48-23(5)42)35(46)25-15-17-27-28-18-16-26(36(47)32(14-12-8-2)41-49-24(6)43)20-30(28)37(29(27)19-25,21-38-33(44)9-3)22-39-34(45)10-4/h15,17,19-20H,7-14,16,18,21-22H2,1-6H3,(H,38,44)(H,39,45)/b40-31+,41-32+. The second kappa shape index (κ2) is 18.1. The smallest absolute Gasteiger partial charge is 0.331 e. The molecule has 0 saturated carbocycles. The molecule has 2 amide bonds. The summed E-state index contributed by atoms with van der Waals surface area (Å²) in [4.78, 5) is 85.9. The third-order valence-electron chi connectivity index (χ3n) is 8.66. The molecule has 0 aromatic heterocycles. The highest BCUT2D eigenvalue weighted by atomic mass is 16.7. The number of amides is 2.